The number of hydrogen-bond acceptors (Lipinski definition) is 4. The highest BCUT2D eigenvalue weighted by Gasteiger charge is 2.44. The topological polar surface area (TPSA) is 84.3 Å². The molecule has 6 nitrogen and oxygen atoms in total. The quantitative estimate of drug-likeness (QED) is 0.773. The van der Waals surface area contributed by atoms with E-state index >= 15 is 0 Å². The Hall–Kier alpha value is -1.47. The average molecular weight is 258 g/mol. The van der Waals surface area contributed by atoms with Crippen molar-refractivity contribution >= 4 is 0 Å². The first kappa shape index (κ1) is 13.0. The van der Waals surface area contributed by atoms with Gasteiger partial charge >= 0.3 is 5.69 Å². The van der Waals surface area contributed by atoms with E-state index in [9.17, 15) is 14.0 Å². The van der Waals surface area contributed by atoms with E-state index in [0.717, 1.165) is 4.57 Å². The molecule has 0 aliphatic carbocycles. The van der Waals surface area contributed by atoms with Crippen LogP contribution in [0.15, 0.2) is 15.8 Å². The number of aromatic nitrogens is 2. The number of aliphatic hydroxyl groups excluding tert-OH is 1. The molecule has 2 rings (SSSR count). The van der Waals surface area contributed by atoms with Crippen molar-refractivity contribution in [2.24, 2.45) is 0 Å². The lowest BCUT2D eigenvalue weighted by Gasteiger charge is -2.22. The Bertz CT molecular complexity index is 567. The molecule has 2 unspecified atom stereocenters. The summed E-state index contributed by atoms with van der Waals surface area (Å²) in [5, 5.41) is 9.14. The van der Waals surface area contributed by atoms with Crippen LogP contribution < -0.4 is 11.2 Å². The second-order valence-corrected chi connectivity index (χ2v) is 4.82. The number of rotatable bonds is 2. The highest BCUT2D eigenvalue weighted by atomic mass is 19.1. The van der Waals surface area contributed by atoms with Gasteiger partial charge in [-0.15, -0.1) is 0 Å². The smallest absolute Gasteiger partial charge is 0.330 e. The fourth-order valence-corrected chi connectivity index (χ4v) is 2.03. The maximum atomic E-state index is 13.9. The molecule has 0 radical (unpaired) electrons. The van der Waals surface area contributed by atoms with E-state index in [1.165, 1.54) is 13.1 Å². The van der Waals surface area contributed by atoms with Crippen LogP contribution in [0.4, 0.5) is 4.39 Å². The second-order valence-electron chi connectivity index (χ2n) is 4.82. The molecular formula is C11H15FN2O4. The third kappa shape index (κ3) is 2.11. The van der Waals surface area contributed by atoms with Crippen molar-refractivity contribution in [1.82, 2.24) is 9.55 Å². The Labute approximate surface area is 102 Å². The van der Waals surface area contributed by atoms with Gasteiger partial charge in [0.1, 0.15) is 6.17 Å². The van der Waals surface area contributed by atoms with E-state index in [0.29, 0.717) is 5.56 Å². The molecule has 0 amide bonds. The van der Waals surface area contributed by atoms with E-state index < -0.39 is 29.2 Å². The molecule has 3 atom stereocenters. The fraction of sp³-hybridized carbons (Fsp3) is 0.636. The highest BCUT2D eigenvalue weighted by Crippen LogP contribution is 2.37. The monoisotopic (exact) mass is 258 g/mol. The molecule has 1 saturated heterocycles. The van der Waals surface area contributed by atoms with Gasteiger partial charge in [0.05, 0.1) is 12.2 Å². The maximum Gasteiger partial charge on any atom is 0.330 e. The van der Waals surface area contributed by atoms with E-state index in [1.807, 2.05) is 0 Å². The molecule has 0 aromatic carbocycles. The fourth-order valence-electron chi connectivity index (χ4n) is 2.03. The van der Waals surface area contributed by atoms with Crippen LogP contribution in [0, 0.1) is 6.92 Å². The first-order valence-electron chi connectivity index (χ1n) is 5.61. The summed E-state index contributed by atoms with van der Waals surface area (Å²) in [4.78, 5) is 24.9. The normalized spacial score (nSPS) is 31.8. The van der Waals surface area contributed by atoms with Crippen LogP contribution in [0.3, 0.4) is 0 Å². The van der Waals surface area contributed by atoms with Gasteiger partial charge in [-0.05, 0) is 13.8 Å². The molecule has 7 heteroatoms. The molecule has 100 valence electrons. The molecule has 18 heavy (non-hydrogen) atoms. The van der Waals surface area contributed by atoms with Crippen molar-refractivity contribution in [3.8, 4) is 0 Å². The molecule has 2 heterocycles. The molecule has 2 N–H and O–H groups in total. The zero-order chi connectivity index (χ0) is 13.5. The van der Waals surface area contributed by atoms with Crippen LogP contribution in [-0.2, 0) is 4.74 Å². The Morgan fingerprint density at radius 2 is 2.33 bits per heavy atom. The van der Waals surface area contributed by atoms with Crippen molar-refractivity contribution in [2.75, 3.05) is 6.61 Å². The third-order valence-electron chi connectivity index (χ3n) is 3.10. The zero-order valence-electron chi connectivity index (χ0n) is 10.1. The lowest BCUT2D eigenvalue weighted by molar-refractivity contribution is -0.0953. The predicted octanol–water partition coefficient (Wildman–Crippen LogP) is -0.147. The summed E-state index contributed by atoms with van der Waals surface area (Å²) < 4.78 is 20.3. The first-order valence-corrected chi connectivity index (χ1v) is 5.61. The van der Waals surface area contributed by atoms with Gasteiger partial charge in [0.2, 0.25) is 0 Å². The molecule has 1 aromatic heterocycles. The number of H-pyrrole nitrogens is 1. The van der Waals surface area contributed by atoms with E-state index in [-0.39, 0.29) is 13.0 Å². The lowest BCUT2D eigenvalue weighted by atomic mass is 10.0. The maximum absolute atomic E-state index is 13.9. The van der Waals surface area contributed by atoms with Crippen LogP contribution in [0.2, 0.25) is 0 Å². The van der Waals surface area contributed by atoms with Crippen LogP contribution in [0.25, 0.3) is 0 Å². The molecule has 0 bridgehead atoms. The Morgan fingerprint density at radius 3 is 2.89 bits per heavy atom. The Balaban J connectivity index is 2.42. The van der Waals surface area contributed by atoms with Crippen LogP contribution in [-0.4, -0.2) is 33.0 Å². The van der Waals surface area contributed by atoms with E-state index in [1.54, 1.807) is 6.92 Å². The number of nitrogens with one attached hydrogen (secondary N) is 1. The number of alkyl halides is 1. The van der Waals surface area contributed by atoms with E-state index in [4.69, 9.17) is 9.84 Å². The molecular weight excluding hydrogens is 243 g/mol. The standard InChI is InChI=1S/C11H15FN2O4/c1-6-4-14(10(17)13-8(6)16)9-7(12)3-11(2,5-15)18-9/h4,7,9,15H,3,5H2,1-2H3,(H,13,16,17)/t7?,9?,11-/m0/s1. The predicted molar refractivity (Wildman–Crippen MR) is 61.2 cm³/mol. The lowest BCUT2D eigenvalue weighted by Crippen LogP contribution is -2.36. The number of ether oxygens (including phenoxy) is 1. The number of hydrogen-bond donors (Lipinski definition) is 2. The molecule has 1 aliphatic heterocycles. The van der Waals surface area contributed by atoms with Crippen molar-refractivity contribution in [2.45, 2.75) is 38.3 Å². The van der Waals surface area contributed by atoms with Gasteiger partial charge in [0, 0.05) is 18.2 Å². The first-order chi connectivity index (χ1) is 8.36. The van der Waals surface area contributed by atoms with Gasteiger partial charge in [-0.2, -0.15) is 0 Å². The Kier molecular flexibility index (Phi) is 3.12. The van der Waals surface area contributed by atoms with Crippen molar-refractivity contribution in [3.05, 3.63) is 32.6 Å². The highest BCUT2D eigenvalue weighted by molar-refractivity contribution is 5.03. The van der Waals surface area contributed by atoms with Crippen molar-refractivity contribution < 1.29 is 14.2 Å². The summed E-state index contributed by atoms with van der Waals surface area (Å²) in [6, 6.07) is 0. The van der Waals surface area contributed by atoms with Crippen molar-refractivity contribution in [3.63, 3.8) is 0 Å². The molecule has 0 spiro atoms. The summed E-state index contributed by atoms with van der Waals surface area (Å²) >= 11 is 0. The van der Waals surface area contributed by atoms with Gasteiger partial charge in [-0.1, -0.05) is 0 Å². The number of aliphatic hydroxyl groups is 1. The number of nitrogens with zero attached hydrogens (tertiary/aromatic N) is 1. The number of aryl methyl sites for hydroxylation is 1. The average Bonchev–Trinajstić information content (AvgIpc) is 2.60. The largest absolute Gasteiger partial charge is 0.393 e. The van der Waals surface area contributed by atoms with Gasteiger partial charge in [0.15, 0.2) is 6.23 Å². The minimum atomic E-state index is -1.41. The van der Waals surface area contributed by atoms with E-state index in [2.05, 4.69) is 4.98 Å². The van der Waals surface area contributed by atoms with Gasteiger partial charge in [-0.3, -0.25) is 14.3 Å². The second kappa shape index (κ2) is 4.33. The molecule has 0 saturated carbocycles. The summed E-state index contributed by atoms with van der Waals surface area (Å²) in [5.41, 5.74) is -1.94. The summed E-state index contributed by atoms with van der Waals surface area (Å²) in [6.07, 6.45) is -1.27. The molecule has 1 fully saturated rings. The molecule has 1 aromatic rings. The van der Waals surface area contributed by atoms with Gasteiger partial charge < -0.3 is 9.84 Å². The zero-order valence-corrected chi connectivity index (χ0v) is 10.1. The minimum absolute atomic E-state index is 0.00121. The molecule has 1 aliphatic rings. The van der Waals surface area contributed by atoms with Gasteiger partial charge in [-0.25, -0.2) is 9.18 Å². The third-order valence-corrected chi connectivity index (χ3v) is 3.10. The van der Waals surface area contributed by atoms with Crippen LogP contribution in [0.1, 0.15) is 25.1 Å². The number of aromatic amines is 1. The summed E-state index contributed by atoms with van der Waals surface area (Å²) in [7, 11) is 0. The van der Waals surface area contributed by atoms with Gasteiger partial charge in [0.25, 0.3) is 5.56 Å². The summed E-state index contributed by atoms with van der Waals surface area (Å²) in [6.45, 7) is 2.76. The van der Waals surface area contributed by atoms with Crippen LogP contribution >= 0.6 is 0 Å². The number of halogens is 1. The van der Waals surface area contributed by atoms with Crippen molar-refractivity contribution in [1.29, 1.82) is 0 Å². The SMILES string of the molecule is Cc1cn(C2O[C@](C)(CO)CC2F)c(=O)[nH]c1=O. The Morgan fingerprint density at radius 1 is 1.67 bits per heavy atom. The minimum Gasteiger partial charge on any atom is -0.393 e. The van der Waals surface area contributed by atoms with Crippen LogP contribution in [0.5, 0.6) is 0 Å². The summed E-state index contributed by atoms with van der Waals surface area (Å²) in [5.74, 6) is 0.